The zero-order valence-electron chi connectivity index (χ0n) is 20.6. The Hall–Kier alpha value is -2.27. The van der Waals surface area contributed by atoms with Crippen molar-refractivity contribution in [1.29, 1.82) is 0 Å². The van der Waals surface area contributed by atoms with Gasteiger partial charge in [0.2, 0.25) is 0 Å². The van der Waals surface area contributed by atoms with Crippen LogP contribution in [0.5, 0.6) is 11.5 Å². The number of methoxy groups -OCH3 is 1. The zero-order valence-corrected chi connectivity index (χ0v) is 22.1. The molecule has 0 spiro atoms. The predicted molar refractivity (Wildman–Crippen MR) is 146 cm³/mol. The summed E-state index contributed by atoms with van der Waals surface area (Å²) in [6.07, 6.45) is 8.56. The van der Waals surface area contributed by atoms with Gasteiger partial charge in [-0.2, -0.15) is 0 Å². The van der Waals surface area contributed by atoms with Crippen LogP contribution < -0.4 is 9.64 Å². The Bertz CT molecular complexity index is 1080. The van der Waals surface area contributed by atoms with Gasteiger partial charge in [-0.3, -0.25) is 0 Å². The third kappa shape index (κ3) is 7.36. The number of aryl methyl sites for hydroxylation is 1. The average molecular weight is 514 g/mol. The molecule has 0 saturated carbocycles. The van der Waals surface area contributed by atoms with Crippen molar-refractivity contribution in [3.63, 3.8) is 0 Å². The van der Waals surface area contributed by atoms with Crippen LogP contribution in [0.25, 0.3) is 11.1 Å². The van der Waals surface area contributed by atoms with E-state index < -0.39 is 0 Å². The first-order chi connectivity index (χ1) is 17.0. The van der Waals surface area contributed by atoms with Gasteiger partial charge in [0.25, 0.3) is 0 Å². The lowest BCUT2D eigenvalue weighted by Gasteiger charge is -2.32. The van der Waals surface area contributed by atoms with E-state index in [0.717, 1.165) is 73.3 Å². The largest absolute Gasteiger partial charge is 0.456 e. The molecule has 1 saturated heterocycles. The second-order valence-corrected chi connectivity index (χ2v) is 10.1. The molecule has 0 atom stereocenters. The highest BCUT2D eigenvalue weighted by molar-refractivity contribution is 6.35. The maximum absolute atomic E-state index is 6.28. The lowest BCUT2D eigenvalue weighted by molar-refractivity contribution is 0.193. The summed E-state index contributed by atoms with van der Waals surface area (Å²) < 4.78 is 11.5. The number of pyridine rings is 1. The summed E-state index contributed by atoms with van der Waals surface area (Å²) in [5.74, 6) is 3.37. The van der Waals surface area contributed by atoms with Gasteiger partial charge in [0.15, 0.2) is 0 Å². The Morgan fingerprint density at radius 3 is 2.31 bits per heavy atom. The van der Waals surface area contributed by atoms with E-state index >= 15 is 0 Å². The van der Waals surface area contributed by atoms with Gasteiger partial charge in [-0.1, -0.05) is 42.6 Å². The summed E-state index contributed by atoms with van der Waals surface area (Å²) >= 11 is 12.6. The van der Waals surface area contributed by atoms with Crippen LogP contribution in [0, 0.1) is 5.92 Å². The van der Waals surface area contributed by atoms with Crippen molar-refractivity contribution < 1.29 is 9.47 Å². The molecule has 186 valence electrons. The minimum atomic E-state index is 0.614. The normalized spacial score (nSPS) is 14.3. The Kier molecular flexibility index (Phi) is 9.31. The molecule has 0 radical (unpaired) electrons. The summed E-state index contributed by atoms with van der Waals surface area (Å²) in [6, 6.07) is 16.0. The summed E-state index contributed by atoms with van der Waals surface area (Å²) in [6.45, 7) is 5.19. The smallest absolute Gasteiger partial charge is 0.145 e. The molecule has 0 amide bonds. The third-order valence-electron chi connectivity index (χ3n) is 6.70. The fourth-order valence-electron chi connectivity index (χ4n) is 4.65. The SMILES string of the molecule is CCC1CCN(c2ccc(Oc3cc(CCCCOC)cc(-c4cc(Cl)cc(Cl)c4)c3)cn2)CC1. The topological polar surface area (TPSA) is 34.6 Å². The summed E-state index contributed by atoms with van der Waals surface area (Å²) in [5.41, 5.74) is 3.19. The number of halogens is 2. The van der Waals surface area contributed by atoms with E-state index in [0.29, 0.717) is 10.0 Å². The highest BCUT2D eigenvalue weighted by atomic mass is 35.5. The standard InChI is InChI=1S/C29H34Cl2N2O2/c1-3-21-9-11-33(12-10-21)29-8-7-27(20-32-29)35-28-15-22(6-4-5-13-34-2)14-23(18-28)24-16-25(30)19-26(31)17-24/h7-8,14-21H,3-6,9-13H2,1-2H3. The van der Waals surface area contributed by atoms with Crippen molar-refractivity contribution in [1.82, 2.24) is 4.98 Å². The van der Waals surface area contributed by atoms with Crippen molar-refractivity contribution in [3.8, 4) is 22.6 Å². The monoisotopic (exact) mass is 512 g/mol. The van der Waals surface area contributed by atoms with Crippen LogP contribution in [0.15, 0.2) is 54.7 Å². The van der Waals surface area contributed by atoms with Crippen LogP contribution >= 0.6 is 23.2 Å². The van der Waals surface area contributed by atoms with E-state index in [1.807, 2.05) is 30.5 Å². The van der Waals surface area contributed by atoms with Gasteiger partial charge >= 0.3 is 0 Å². The number of anilines is 1. The van der Waals surface area contributed by atoms with Gasteiger partial charge < -0.3 is 14.4 Å². The van der Waals surface area contributed by atoms with Gasteiger partial charge in [0, 0.05) is 36.9 Å². The summed E-state index contributed by atoms with van der Waals surface area (Å²) in [5, 5.41) is 1.23. The van der Waals surface area contributed by atoms with Gasteiger partial charge in [-0.05, 0) is 97.2 Å². The molecule has 1 aromatic heterocycles. The Balaban J connectivity index is 1.52. The number of rotatable bonds is 10. The molecule has 0 aliphatic carbocycles. The fraction of sp³-hybridized carbons (Fsp3) is 0.414. The molecule has 0 unspecified atom stereocenters. The van der Waals surface area contributed by atoms with E-state index in [2.05, 4.69) is 30.0 Å². The van der Waals surface area contributed by atoms with Crippen molar-refractivity contribution in [2.24, 2.45) is 5.92 Å². The van der Waals surface area contributed by atoms with Crippen LogP contribution in [0.1, 0.15) is 44.6 Å². The van der Waals surface area contributed by atoms with Gasteiger partial charge in [0.05, 0.1) is 6.20 Å². The molecule has 1 aliphatic rings. The highest BCUT2D eigenvalue weighted by Gasteiger charge is 2.18. The van der Waals surface area contributed by atoms with Gasteiger partial charge in [-0.15, -0.1) is 0 Å². The van der Waals surface area contributed by atoms with Gasteiger partial charge in [0.1, 0.15) is 17.3 Å². The quantitative estimate of drug-likeness (QED) is 0.255. The molecular formula is C29H34Cl2N2O2. The van der Waals surface area contributed by atoms with E-state index in [4.69, 9.17) is 37.7 Å². The van der Waals surface area contributed by atoms with Crippen molar-refractivity contribution in [2.75, 3.05) is 31.7 Å². The van der Waals surface area contributed by atoms with Crippen LogP contribution in [0.4, 0.5) is 5.82 Å². The number of hydrogen-bond acceptors (Lipinski definition) is 4. The minimum Gasteiger partial charge on any atom is -0.456 e. The molecule has 4 rings (SSSR count). The molecule has 3 aromatic rings. The number of hydrogen-bond donors (Lipinski definition) is 0. The molecule has 2 heterocycles. The molecule has 6 heteroatoms. The number of unbranched alkanes of at least 4 members (excludes halogenated alkanes) is 1. The summed E-state index contributed by atoms with van der Waals surface area (Å²) in [4.78, 5) is 7.07. The van der Waals surface area contributed by atoms with Gasteiger partial charge in [-0.25, -0.2) is 4.98 Å². The molecule has 0 N–H and O–H groups in total. The molecular weight excluding hydrogens is 479 g/mol. The Labute approximate surface area is 219 Å². The molecule has 1 aliphatic heterocycles. The number of nitrogens with zero attached hydrogens (tertiary/aromatic N) is 2. The van der Waals surface area contributed by atoms with Crippen LogP contribution in [-0.4, -0.2) is 31.8 Å². The van der Waals surface area contributed by atoms with Crippen LogP contribution in [-0.2, 0) is 11.2 Å². The maximum atomic E-state index is 6.28. The van der Waals surface area contributed by atoms with E-state index in [1.165, 1.54) is 24.8 Å². The second kappa shape index (κ2) is 12.6. The first-order valence-corrected chi connectivity index (χ1v) is 13.3. The Morgan fingerprint density at radius 2 is 1.66 bits per heavy atom. The number of ether oxygens (including phenoxy) is 2. The lowest BCUT2D eigenvalue weighted by atomic mass is 9.94. The molecule has 35 heavy (non-hydrogen) atoms. The molecule has 0 bridgehead atoms. The number of aromatic nitrogens is 1. The number of piperidine rings is 1. The van der Waals surface area contributed by atoms with Crippen molar-refractivity contribution >= 4 is 29.0 Å². The lowest BCUT2D eigenvalue weighted by Crippen LogP contribution is -2.33. The minimum absolute atomic E-state index is 0.614. The first-order valence-electron chi connectivity index (χ1n) is 12.5. The Morgan fingerprint density at radius 1 is 0.914 bits per heavy atom. The van der Waals surface area contributed by atoms with E-state index in [-0.39, 0.29) is 0 Å². The summed E-state index contributed by atoms with van der Waals surface area (Å²) in [7, 11) is 1.74. The fourth-order valence-corrected chi connectivity index (χ4v) is 5.18. The predicted octanol–water partition coefficient (Wildman–Crippen LogP) is 8.44. The zero-order chi connectivity index (χ0) is 24.6. The molecule has 1 fully saturated rings. The average Bonchev–Trinajstić information content (AvgIpc) is 2.86. The van der Waals surface area contributed by atoms with Crippen LogP contribution in [0.2, 0.25) is 10.0 Å². The highest BCUT2D eigenvalue weighted by Crippen LogP contribution is 2.33. The second-order valence-electron chi connectivity index (χ2n) is 9.27. The van der Waals surface area contributed by atoms with Crippen molar-refractivity contribution in [2.45, 2.75) is 45.4 Å². The molecule has 2 aromatic carbocycles. The number of benzene rings is 2. The molecule has 4 nitrogen and oxygen atoms in total. The van der Waals surface area contributed by atoms with Crippen LogP contribution in [0.3, 0.4) is 0 Å². The van der Waals surface area contributed by atoms with Crippen molar-refractivity contribution in [3.05, 3.63) is 70.3 Å². The van der Waals surface area contributed by atoms with E-state index in [1.54, 1.807) is 13.2 Å². The third-order valence-corrected chi connectivity index (χ3v) is 7.13. The van der Waals surface area contributed by atoms with E-state index in [9.17, 15) is 0 Å². The maximum Gasteiger partial charge on any atom is 0.145 e. The first kappa shape index (κ1) is 25.8.